The van der Waals surface area contributed by atoms with Crippen molar-refractivity contribution in [1.82, 2.24) is 0 Å². The maximum Gasteiger partial charge on any atom is 0.187 e. The minimum Gasteiger partial charge on any atom is -0.394 e. The van der Waals surface area contributed by atoms with E-state index in [1.165, 1.54) is 0 Å². The van der Waals surface area contributed by atoms with Crippen LogP contribution in [0.25, 0.3) is 0 Å². The molecule has 4 saturated heterocycles. The molecule has 0 bridgehead atoms. The minimum absolute atomic E-state index is 0.00426. The Morgan fingerprint density at radius 1 is 0.652 bits per heavy atom. The van der Waals surface area contributed by atoms with E-state index in [9.17, 15) is 61.3 Å². The summed E-state index contributed by atoms with van der Waals surface area (Å²) in [4.78, 5) is 0. The molecule has 0 amide bonds. The minimum atomic E-state index is -1.80. The summed E-state index contributed by atoms with van der Waals surface area (Å²) in [7, 11) is 1.71. The van der Waals surface area contributed by atoms with E-state index in [-0.39, 0.29) is 47.2 Å². The van der Waals surface area contributed by atoms with Gasteiger partial charge in [0, 0.05) is 19.4 Å². The van der Waals surface area contributed by atoms with Crippen molar-refractivity contribution in [3.05, 3.63) is 0 Å². The van der Waals surface area contributed by atoms with Crippen LogP contribution in [0.4, 0.5) is 0 Å². The Labute approximate surface area is 386 Å². The first kappa shape index (κ1) is 51.6. The summed E-state index contributed by atoms with van der Waals surface area (Å²) >= 11 is 0. The lowest BCUT2D eigenvalue weighted by Crippen LogP contribution is -2.65. The van der Waals surface area contributed by atoms with Crippen LogP contribution >= 0.6 is 0 Å². The molecule has 20 heteroatoms. The maximum absolute atomic E-state index is 11.9. The van der Waals surface area contributed by atoms with Crippen LogP contribution in [0.15, 0.2) is 0 Å². The molecule has 66 heavy (non-hydrogen) atoms. The van der Waals surface area contributed by atoms with Gasteiger partial charge in [-0.25, -0.2) is 0 Å². The van der Waals surface area contributed by atoms with E-state index in [1.807, 2.05) is 6.92 Å². The van der Waals surface area contributed by atoms with E-state index in [0.717, 1.165) is 32.1 Å². The zero-order chi connectivity index (χ0) is 47.8. The quantitative estimate of drug-likeness (QED) is 0.0826. The normalized spacial score (nSPS) is 55.4. The van der Waals surface area contributed by atoms with Crippen molar-refractivity contribution < 1.29 is 99.2 Å². The predicted octanol–water partition coefficient (Wildman–Crippen LogP) is -2.15. The highest BCUT2D eigenvalue weighted by Gasteiger charge is 2.69. The van der Waals surface area contributed by atoms with Crippen molar-refractivity contribution in [2.24, 2.45) is 52.3 Å². The van der Waals surface area contributed by atoms with Gasteiger partial charge >= 0.3 is 0 Å². The summed E-state index contributed by atoms with van der Waals surface area (Å²) in [6, 6.07) is 0. The summed E-state index contributed by atoms with van der Waals surface area (Å²) in [5, 5.41) is 125. The van der Waals surface area contributed by atoms with Crippen LogP contribution in [0, 0.1) is 52.3 Å². The highest BCUT2D eigenvalue weighted by molar-refractivity contribution is 5.16. The number of aliphatic hydroxyl groups excluding tert-OH is 12. The van der Waals surface area contributed by atoms with Gasteiger partial charge in [-0.05, 0) is 97.7 Å². The summed E-state index contributed by atoms with van der Waals surface area (Å²) < 4.78 is 48.5. The molecule has 0 spiro atoms. The molecule has 0 aromatic rings. The van der Waals surface area contributed by atoms with Gasteiger partial charge in [0.2, 0.25) is 0 Å². The molecule has 4 saturated carbocycles. The third kappa shape index (κ3) is 8.85. The van der Waals surface area contributed by atoms with Gasteiger partial charge in [-0.2, -0.15) is 0 Å². The number of ether oxygens (including phenoxy) is 8. The monoisotopic (exact) mass is 951 g/mol. The Bertz CT molecular complexity index is 1610. The van der Waals surface area contributed by atoms with Gasteiger partial charge < -0.3 is 99.2 Å². The summed E-state index contributed by atoms with van der Waals surface area (Å²) in [6.45, 7) is 7.32. The van der Waals surface area contributed by atoms with Crippen molar-refractivity contribution in [3.63, 3.8) is 0 Å². The second-order valence-corrected chi connectivity index (χ2v) is 21.8. The van der Waals surface area contributed by atoms with Crippen LogP contribution in [-0.2, 0) is 37.9 Å². The molecular weight excluding hydrogens is 872 g/mol. The first-order valence-electron chi connectivity index (χ1n) is 24.3. The van der Waals surface area contributed by atoms with Crippen molar-refractivity contribution in [3.8, 4) is 0 Å². The lowest BCUT2D eigenvalue weighted by molar-refractivity contribution is -0.376. The average molecular weight is 951 g/mol. The molecule has 1 unspecified atom stereocenters. The Kier molecular flexibility index (Phi) is 15.6. The molecule has 4 aliphatic carbocycles. The van der Waals surface area contributed by atoms with Gasteiger partial charge in [-0.3, -0.25) is 0 Å². The van der Waals surface area contributed by atoms with Gasteiger partial charge in [-0.1, -0.05) is 27.7 Å². The van der Waals surface area contributed by atoms with E-state index in [1.54, 1.807) is 7.11 Å². The number of hydrogen-bond donors (Lipinski definition) is 12. The summed E-state index contributed by atoms with van der Waals surface area (Å²) in [5.74, 6) is 0.942. The zero-order valence-corrected chi connectivity index (χ0v) is 38.8. The molecule has 8 fully saturated rings. The smallest absolute Gasteiger partial charge is 0.187 e. The third-order valence-electron chi connectivity index (χ3n) is 18.3. The Morgan fingerprint density at radius 2 is 1.24 bits per heavy atom. The third-order valence-corrected chi connectivity index (χ3v) is 18.3. The molecular formula is C46H78O20. The molecule has 0 radical (unpaired) electrons. The van der Waals surface area contributed by atoms with Gasteiger partial charge in [-0.15, -0.1) is 0 Å². The van der Waals surface area contributed by atoms with Crippen LogP contribution in [0.2, 0.25) is 0 Å². The van der Waals surface area contributed by atoms with Crippen LogP contribution in [0.5, 0.6) is 0 Å². The second kappa shape index (κ2) is 20.0. The van der Waals surface area contributed by atoms with Gasteiger partial charge in [0.15, 0.2) is 24.7 Å². The van der Waals surface area contributed by atoms with Crippen molar-refractivity contribution >= 4 is 0 Å². The Balaban J connectivity index is 0.896. The van der Waals surface area contributed by atoms with Gasteiger partial charge in [0.05, 0.1) is 44.7 Å². The molecule has 20 nitrogen and oxygen atoms in total. The fraction of sp³-hybridized carbons (Fsp3) is 1.00. The van der Waals surface area contributed by atoms with Gasteiger partial charge in [0.25, 0.3) is 0 Å². The van der Waals surface area contributed by atoms with E-state index in [0.29, 0.717) is 43.4 Å². The fourth-order valence-electron chi connectivity index (χ4n) is 14.5. The van der Waals surface area contributed by atoms with Crippen LogP contribution in [-0.4, -0.2) is 211 Å². The molecule has 8 rings (SSSR count). The number of rotatable bonds is 14. The lowest BCUT2D eigenvalue weighted by atomic mass is 9.44. The van der Waals surface area contributed by atoms with Crippen molar-refractivity contribution in [2.45, 2.75) is 202 Å². The standard InChI is InChI=1S/C46H78O20/c1-19(18-60-41-38(57)35(54)32(51)28(15-47)62-41)8-11-46(59-5)20(2)31-27(66-46)13-24-22-7-6-21-12-26(25(50)14-45(21,4)23(22)9-10-44(24,31)3)61-43-40(37(56)34(53)30(17-49)64-43)65-42-39(58)36(55)33(52)29(16-48)63-42/h19-43,47-58H,6-18H2,1-5H3/t19-,20+,21-,22-,23+,24+,25+,26-,27+,28-,29-,30-,31+,32-,33-,34+,35+,36+,37+,38-,39-,40-,41-,42+,43-,44+,45+,46?/m1/s1. The van der Waals surface area contributed by atoms with Crippen LogP contribution < -0.4 is 0 Å². The van der Waals surface area contributed by atoms with E-state index < -0.39 is 130 Å². The number of hydrogen-bond acceptors (Lipinski definition) is 20. The predicted molar refractivity (Wildman–Crippen MR) is 225 cm³/mol. The molecule has 4 heterocycles. The molecule has 0 aromatic carbocycles. The van der Waals surface area contributed by atoms with E-state index in [2.05, 4.69) is 20.8 Å². The molecule has 28 atom stereocenters. The average Bonchev–Trinajstić information content (AvgIpc) is 3.76. The second-order valence-electron chi connectivity index (χ2n) is 21.8. The Morgan fingerprint density at radius 3 is 1.86 bits per heavy atom. The largest absolute Gasteiger partial charge is 0.394 e. The molecule has 8 aliphatic rings. The highest BCUT2D eigenvalue weighted by Crippen LogP contribution is 2.71. The van der Waals surface area contributed by atoms with Crippen molar-refractivity contribution in [2.75, 3.05) is 33.5 Å². The molecule has 12 N–H and O–H groups in total. The number of aliphatic hydroxyl groups is 12. The number of fused-ring (bicyclic) bond motifs is 7. The van der Waals surface area contributed by atoms with Crippen molar-refractivity contribution in [1.29, 1.82) is 0 Å². The molecule has 382 valence electrons. The molecule has 4 aliphatic heterocycles. The maximum atomic E-state index is 11.9. The van der Waals surface area contributed by atoms with E-state index in [4.69, 9.17) is 37.9 Å². The first-order valence-corrected chi connectivity index (χ1v) is 24.3. The fourth-order valence-corrected chi connectivity index (χ4v) is 14.5. The highest BCUT2D eigenvalue weighted by atomic mass is 16.8. The summed E-state index contributed by atoms with van der Waals surface area (Å²) in [5.41, 5.74) is -0.199. The Hall–Kier alpha value is -0.800. The first-order chi connectivity index (χ1) is 31.3. The topological polar surface area (TPSA) is 317 Å². The lowest BCUT2D eigenvalue weighted by Gasteiger charge is -2.62. The molecule has 0 aromatic heterocycles. The summed E-state index contributed by atoms with van der Waals surface area (Å²) in [6.07, 6.45) is -17.0. The van der Waals surface area contributed by atoms with Crippen LogP contribution in [0.1, 0.15) is 85.5 Å². The van der Waals surface area contributed by atoms with E-state index >= 15 is 0 Å². The number of methoxy groups -OCH3 is 1. The van der Waals surface area contributed by atoms with Gasteiger partial charge in [0.1, 0.15) is 73.2 Å². The zero-order valence-electron chi connectivity index (χ0n) is 38.8. The SMILES string of the molecule is COC1(CC[C@@H](C)CO[C@@H]2O[C@H](CO)[C@@H](O)[C@H](O)[C@H]2O)O[C@H]2C[C@H]3[C@@H]4CC[C@@H]5C[C@@H](O[C@@H]6O[C@H](CO)[C@H](O)[C@H](O)[C@H]6O[C@@H]6O[C@H](CO)[C@@H](O)[C@H](O)[C@H]6O)[C@@H](O)C[C@]5(C)[C@H]4CC[C@]3(C)[C@H]2[C@@H]1C. The van der Waals surface area contributed by atoms with Crippen LogP contribution in [0.3, 0.4) is 0 Å².